The predicted octanol–water partition coefficient (Wildman–Crippen LogP) is 2.30. The number of thiazole rings is 1. The van der Waals surface area contributed by atoms with Crippen LogP contribution in [0.15, 0.2) is 0 Å². The number of nitrogens with zero attached hydrogens (tertiary/aromatic N) is 1. The Labute approximate surface area is 83.4 Å². The molecule has 1 aromatic rings. The zero-order chi connectivity index (χ0) is 9.26. The van der Waals surface area contributed by atoms with Crippen LogP contribution in [0.1, 0.15) is 41.8 Å². The van der Waals surface area contributed by atoms with Crippen LogP contribution in [0.5, 0.6) is 0 Å². The second-order valence-electron chi connectivity index (χ2n) is 3.66. The number of nitrogens with one attached hydrogen (secondary N) is 1. The molecule has 2 nitrogen and oxygen atoms in total. The van der Waals surface area contributed by atoms with Gasteiger partial charge in [-0.25, -0.2) is 4.98 Å². The van der Waals surface area contributed by atoms with Gasteiger partial charge in [0.2, 0.25) is 0 Å². The first kappa shape index (κ1) is 9.16. The highest BCUT2D eigenvalue weighted by Gasteiger charge is 2.16. The molecule has 0 saturated heterocycles. The fourth-order valence-corrected chi connectivity index (χ4v) is 2.75. The van der Waals surface area contributed by atoms with E-state index in [1.54, 1.807) is 0 Å². The van der Waals surface area contributed by atoms with Gasteiger partial charge in [-0.1, -0.05) is 13.8 Å². The number of fused-ring (bicyclic) bond motifs is 1. The van der Waals surface area contributed by atoms with Crippen LogP contribution in [0.4, 0.5) is 0 Å². The normalized spacial score (nSPS) is 18.3. The van der Waals surface area contributed by atoms with E-state index < -0.39 is 0 Å². The summed E-state index contributed by atoms with van der Waals surface area (Å²) in [5.41, 5.74) is 1.30. The molecule has 1 N–H and O–H groups in total. The molecule has 1 aliphatic rings. The molecule has 72 valence electrons. The van der Waals surface area contributed by atoms with Crippen LogP contribution >= 0.6 is 11.3 Å². The van der Waals surface area contributed by atoms with Crippen molar-refractivity contribution < 1.29 is 0 Å². The molecule has 0 saturated carbocycles. The number of aromatic nitrogens is 1. The monoisotopic (exact) mass is 196 g/mol. The Morgan fingerprint density at radius 2 is 2.46 bits per heavy atom. The van der Waals surface area contributed by atoms with E-state index in [-0.39, 0.29) is 0 Å². The van der Waals surface area contributed by atoms with Gasteiger partial charge in [0.1, 0.15) is 0 Å². The van der Waals surface area contributed by atoms with Crippen molar-refractivity contribution in [2.75, 3.05) is 6.54 Å². The molecule has 13 heavy (non-hydrogen) atoms. The lowest BCUT2D eigenvalue weighted by Gasteiger charge is -2.09. The van der Waals surface area contributed by atoms with E-state index in [2.05, 4.69) is 24.1 Å². The second-order valence-corrected chi connectivity index (χ2v) is 4.77. The molecule has 1 aliphatic heterocycles. The van der Waals surface area contributed by atoms with Crippen LogP contribution in [0, 0.1) is 0 Å². The Bertz CT molecular complexity index is 270. The van der Waals surface area contributed by atoms with Crippen LogP contribution in [0.25, 0.3) is 0 Å². The van der Waals surface area contributed by atoms with Gasteiger partial charge in [0.05, 0.1) is 10.7 Å². The lowest BCUT2D eigenvalue weighted by molar-refractivity contribution is 0.633. The summed E-state index contributed by atoms with van der Waals surface area (Å²) in [5, 5.41) is 4.69. The summed E-state index contributed by atoms with van der Waals surface area (Å²) in [7, 11) is 0. The largest absolute Gasteiger partial charge is 0.311 e. The minimum atomic E-state index is 0.635. The van der Waals surface area contributed by atoms with E-state index in [1.165, 1.54) is 28.4 Å². The van der Waals surface area contributed by atoms with Gasteiger partial charge in [-0.2, -0.15) is 0 Å². The Kier molecular flexibility index (Phi) is 2.65. The van der Waals surface area contributed by atoms with Gasteiger partial charge in [0.25, 0.3) is 0 Å². The molecule has 1 atom stereocenters. The van der Waals surface area contributed by atoms with Crippen molar-refractivity contribution in [1.29, 1.82) is 0 Å². The summed E-state index contributed by atoms with van der Waals surface area (Å²) in [6, 6.07) is 0. The third-order valence-corrected chi connectivity index (χ3v) is 4.04. The topological polar surface area (TPSA) is 24.9 Å². The fourth-order valence-electron chi connectivity index (χ4n) is 1.53. The van der Waals surface area contributed by atoms with Crippen LogP contribution in [-0.4, -0.2) is 11.5 Å². The predicted molar refractivity (Wildman–Crippen MR) is 56.2 cm³/mol. The third kappa shape index (κ3) is 1.76. The average molecular weight is 196 g/mol. The van der Waals surface area contributed by atoms with Crippen molar-refractivity contribution in [2.24, 2.45) is 0 Å². The average Bonchev–Trinajstić information content (AvgIpc) is 2.59. The standard InChI is InChI=1S/C10H16N2S/c1-3-7(2)10-12-8-6-11-5-4-9(8)13-10/h7,11H,3-6H2,1-2H3. The first-order valence-electron chi connectivity index (χ1n) is 5.00. The van der Waals surface area contributed by atoms with Gasteiger partial charge in [-0.15, -0.1) is 11.3 Å². The maximum absolute atomic E-state index is 4.68. The van der Waals surface area contributed by atoms with Crippen LogP contribution in [-0.2, 0) is 13.0 Å². The van der Waals surface area contributed by atoms with Gasteiger partial charge < -0.3 is 5.32 Å². The van der Waals surface area contributed by atoms with Gasteiger partial charge in [0.15, 0.2) is 0 Å². The Morgan fingerprint density at radius 3 is 3.15 bits per heavy atom. The van der Waals surface area contributed by atoms with E-state index in [4.69, 9.17) is 0 Å². The van der Waals surface area contributed by atoms with Crippen LogP contribution in [0.3, 0.4) is 0 Å². The molecule has 0 bridgehead atoms. The maximum Gasteiger partial charge on any atom is 0.0959 e. The lowest BCUT2D eigenvalue weighted by Crippen LogP contribution is -2.22. The Balaban J connectivity index is 2.25. The first-order chi connectivity index (χ1) is 6.31. The number of hydrogen-bond donors (Lipinski definition) is 1. The molecule has 0 amide bonds. The van der Waals surface area contributed by atoms with Crippen molar-refractivity contribution in [1.82, 2.24) is 10.3 Å². The highest BCUT2D eigenvalue weighted by Crippen LogP contribution is 2.28. The fraction of sp³-hybridized carbons (Fsp3) is 0.700. The van der Waals surface area contributed by atoms with Gasteiger partial charge in [0, 0.05) is 23.9 Å². The van der Waals surface area contributed by atoms with E-state index in [0.717, 1.165) is 13.1 Å². The molecule has 0 spiro atoms. The molecule has 2 rings (SSSR count). The van der Waals surface area contributed by atoms with Crippen LogP contribution < -0.4 is 5.32 Å². The zero-order valence-corrected chi connectivity index (χ0v) is 9.08. The Morgan fingerprint density at radius 1 is 1.62 bits per heavy atom. The SMILES string of the molecule is CCC(C)c1nc2c(s1)CCNC2. The van der Waals surface area contributed by atoms with Gasteiger partial charge >= 0.3 is 0 Å². The molecule has 2 heterocycles. The van der Waals surface area contributed by atoms with E-state index in [9.17, 15) is 0 Å². The van der Waals surface area contributed by atoms with Crippen LogP contribution in [0.2, 0.25) is 0 Å². The van der Waals surface area contributed by atoms with E-state index in [1.807, 2.05) is 11.3 Å². The molecule has 0 fully saturated rings. The molecule has 0 radical (unpaired) electrons. The van der Waals surface area contributed by atoms with Crippen molar-refractivity contribution >= 4 is 11.3 Å². The van der Waals surface area contributed by atoms with Crippen molar-refractivity contribution in [3.63, 3.8) is 0 Å². The molecular weight excluding hydrogens is 180 g/mol. The quantitative estimate of drug-likeness (QED) is 0.785. The van der Waals surface area contributed by atoms with E-state index in [0.29, 0.717) is 5.92 Å². The Hall–Kier alpha value is -0.410. The van der Waals surface area contributed by atoms with Crippen molar-refractivity contribution in [2.45, 2.75) is 39.2 Å². The summed E-state index contributed by atoms with van der Waals surface area (Å²) < 4.78 is 0. The molecule has 0 aliphatic carbocycles. The van der Waals surface area contributed by atoms with Crippen molar-refractivity contribution in [3.05, 3.63) is 15.6 Å². The number of hydrogen-bond acceptors (Lipinski definition) is 3. The third-order valence-electron chi connectivity index (χ3n) is 2.65. The summed E-state index contributed by atoms with van der Waals surface area (Å²) in [4.78, 5) is 6.19. The maximum atomic E-state index is 4.68. The number of rotatable bonds is 2. The highest BCUT2D eigenvalue weighted by atomic mass is 32.1. The second kappa shape index (κ2) is 3.76. The minimum Gasteiger partial charge on any atom is -0.311 e. The van der Waals surface area contributed by atoms with Gasteiger partial charge in [-0.3, -0.25) is 0 Å². The molecule has 1 unspecified atom stereocenters. The first-order valence-corrected chi connectivity index (χ1v) is 5.82. The molecule has 0 aromatic carbocycles. The van der Waals surface area contributed by atoms with E-state index >= 15 is 0 Å². The molecular formula is C10H16N2S. The summed E-state index contributed by atoms with van der Waals surface area (Å²) in [6.45, 7) is 6.58. The lowest BCUT2D eigenvalue weighted by atomic mass is 10.1. The smallest absolute Gasteiger partial charge is 0.0959 e. The molecule has 1 aromatic heterocycles. The minimum absolute atomic E-state index is 0.635. The summed E-state index contributed by atoms with van der Waals surface area (Å²) >= 11 is 1.92. The summed E-state index contributed by atoms with van der Waals surface area (Å²) in [6.07, 6.45) is 2.36. The zero-order valence-electron chi connectivity index (χ0n) is 8.26. The summed E-state index contributed by atoms with van der Waals surface area (Å²) in [5.74, 6) is 0.635. The molecule has 3 heteroatoms. The highest BCUT2D eigenvalue weighted by molar-refractivity contribution is 7.11. The van der Waals surface area contributed by atoms with Gasteiger partial charge in [-0.05, 0) is 12.8 Å². The van der Waals surface area contributed by atoms with Crippen molar-refractivity contribution in [3.8, 4) is 0 Å².